The molecule has 3 N–H and O–H groups in total. The van der Waals surface area contributed by atoms with Crippen LogP contribution in [0, 0.1) is 0 Å². The molecule has 2 heterocycles. The summed E-state index contributed by atoms with van der Waals surface area (Å²) in [6.07, 6.45) is 3.08. The van der Waals surface area contributed by atoms with Crippen LogP contribution in [-0.2, 0) is 11.2 Å². The normalized spacial score (nSPS) is 11.5. The number of aryl methyl sites for hydroxylation is 1. The number of hydrogen-bond donors (Lipinski definition) is 3. The van der Waals surface area contributed by atoms with Crippen LogP contribution < -0.4 is 5.32 Å². The molecule has 0 spiro atoms. The van der Waals surface area contributed by atoms with Gasteiger partial charge < -0.3 is 15.4 Å². The molecule has 0 saturated carbocycles. The maximum absolute atomic E-state index is 14.4. The van der Waals surface area contributed by atoms with Crippen molar-refractivity contribution in [1.29, 1.82) is 0 Å². The van der Waals surface area contributed by atoms with E-state index in [9.17, 15) is 19.1 Å². The molecule has 0 bridgehead atoms. The zero-order valence-electron chi connectivity index (χ0n) is 17.1. The molecule has 0 radical (unpaired) electrons. The Balaban J connectivity index is 1.70. The van der Waals surface area contributed by atoms with Gasteiger partial charge in [-0.05, 0) is 23.8 Å². The Hall–Kier alpha value is -4.33. The van der Waals surface area contributed by atoms with Crippen molar-refractivity contribution in [1.82, 2.24) is 15.0 Å². The van der Waals surface area contributed by atoms with Gasteiger partial charge in [0.05, 0.1) is 16.6 Å². The van der Waals surface area contributed by atoms with Crippen LogP contribution in [0.4, 0.5) is 10.1 Å². The average Bonchev–Trinajstić information content (AvgIpc) is 3.23. The van der Waals surface area contributed by atoms with Gasteiger partial charge in [-0.1, -0.05) is 49.4 Å². The maximum Gasteiger partial charge on any atom is 0.338 e. The van der Waals surface area contributed by atoms with Crippen LogP contribution >= 0.6 is 0 Å². The van der Waals surface area contributed by atoms with Gasteiger partial charge in [-0.15, -0.1) is 0 Å². The van der Waals surface area contributed by atoms with Crippen molar-refractivity contribution in [2.75, 3.05) is 5.32 Å². The van der Waals surface area contributed by atoms with Crippen LogP contribution in [0.3, 0.4) is 0 Å². The zero-order chi connectivity index (χ0) is 22.7. The van der Waals surface area contributed by atoms with Crippen molar-refractivity contribution in [2.24, 2.45) is 0 Å². The van der Waals surface area contributed by atoms with Crippen molar-refractivity contribution < 1.29 is 19.1 Å². The van der Waals surface area contributed by atoms with E-state index in [4.69, 9.17) is 0 Å². The third kappa shape index (κ3) is 4.24. The largest absolute Gasteiger partial charge is 0.478 e. The number of nitrogens with one attached hydrogen (secondary N) is 2. The second-order valence-electron chi connectivity index (χ2n) is 7.01. The Labute approximate surface area is 182 Å². The summed E-state index contributed by atoms with van der Waals surface area (Å²) >= 11 is 0. The molecular formula is C24H19FN4O3. The number of carboxylic acid groups (broad SMARTS) is 1. The number of fused-ring (bicyclic) bond motifs is 1. The summed E-state index contributed by atoms with van der Waals surface area (Å²) in [4.78, 5) is 35.8. The predicted octanol–water partition coefficient (Wildman–Crippen LogP) is 4.83. The number of aromatic carboxylic acids is 1. The first kappa shape index (κ1) is 20.9. The van der Waals surface area contributed by atoms with Crippen molar-refractivity contribution >= 4 is 34.7 Å². The van der Waals surface area contributed by atoms with E-state index in [1.54, 1.807) is 54.6 Å². The smallest absolute Gasteiger partial charge is 0.338 e. The molecule has 0 aliphatic rings. The number of amides is 1. The first-order valence-corrected chi connectivity index (χ1v) is 9.91. The highest BCUT2D eigenvalue weighted by Gasteiger charge is 2.19. The molecule has 32 heavy (non-hydrogen) atoms. The average molecular weight is 430 g/mol. The fourth-order valence-corrected chi connectivity index (χ4v) is 3.31. The number of carboxylic acids is 1. The minimum absolute atomic E-state index is 0.0453. The van der Waals surface area contributed by atoms with Gasteiger partial charge in [0.1, 0.15) is 11.5 Å². The number of H-pyrrole nitrogens is 1. The van der Waals surface area contributed by atoms with E-state index >= 15 is 0 Å². The fourth-order valence-electron chi connectivity index (χ4n) is 3.31. The predicted molar refractivity (Wildman–Crippen MR) is 120 cm³/mol. The number of aromatic nitrogens is 3. The van der Waals surface area contributed by atoms with Gasteiger partial charge in [-0.2, -0.15) is 0 Å². The third-order valence-electron chi connectivity index (χ3n) is 4.83. The minimum atomic E-state index is -1.11. The van der Waals surface area contributed by atoms with E-state index in [-0.39, 0.29) is 5.56 Å². The number of anilines is 1. The van der Waals surface area contributed by atoms with E-state index in [2.05, 4.69) is 20.3 Å². The number of carbonyl (C=O) groups is 2. The van der Waals surface area contributed by atoms with Gasteiger partial charge in [0, 0.05) is 23.9 Å². The van der Waals surface area contributed by atoms with Crippen LogP contribution in [0.2, 0.25) is 0 Å². The number of carbonyl (C=O) groups excluding carboxylic acids is 1. The van der Waals surface area contributed by atoms with Gasteiger partial charge in [0.15, 0.2) is 5.83 Å². The number of nitrogens with zero attached hydrogens (tertiary/aromatic N) is 2. The standard InChI is InChI=1S/C24H19FN4O3/c1-2-19-28-21(20-17(24(31)32)13-26-22(20)29-19)15-9-6-10-16(12-15)27-23(30)18(25)11-14-7-4-3-5-8-14/h3-13H,2H2,1H3,(H,27,30)(H,31,32)(H,26,28,29)/b18-11-. The zero-order valence-corrected chi connectivity index (χ0v) is 17.1. The molecule has 4 aromatic rings. The van der Waals surface area contributed by atoms with Crippen molar-refractivity contribution in [3.63, 3.8) is 0 Å². The lowest BCUT2D eigenvalue weighted by atomic mass is 10.1. The molecule has 0 saturated heterocycles. The number of rotatable bonds is 6. The molecule has 8 heteroatoms. The minimum Gasteiger partial charge on any atom is -0.478 e. The summed E-state index contributed by atoms with van der Waals surface area (Å²) in [6.45, 7) is 1.89. The Morgan fingerprint density at radius 3 is 2.62 bits per heavy atom. The fraction of sp³-hybridized carbons (Fsp3) is 0.0833. The molecule has 160 valence electrons. The second-order valence-corrected chi connectivity index (χ2v) is 7.01. The highest BCUT2D eigenvalue weighted by molar-refractivity contribution is 6.08. The Morgan fingerprint density at radius 1 is 1.12 bits per heavy atom. The summed E-state index contributed by atoms with van der Waals surface area (Å²) in [6, 6.07) is 15.3. The van der Waals surface area contributed by atoms with Gasteiger partial charge in [0.2, 0.25) is 0 Å². The molecular weight excluding hydrogens is 411 g/mol. The lowest BCUT2D eigenvalue weighted by Crippen LogP contribution is -2.12. The van der Waals surface area contributed by atoms with Gasteiger partial charge in [0.25, 0.3) is 5.91 Å². The van der Waals surface area contributed by atoms with Crippen molar-refractivity contribution in [3.05, 3.63) is 83.6 Å². The molecule has 1 amide bonds. The monoisotopic (exact) mass is 430 g/mol. The molecule has 0 aliphatic heterocycles. The molecule has 0 aliphatic carbocycles. The Bertz CT molecular complexity index is 1350. The number of benzene rings is 2. The highest BCUT2D eigenvalue weighted by Crippen LogP contribution is 2.30. The molecule has 4 rings (SSSR count). The number of halogens is 1. The van der Waals surface area contributed by atoms with Crippen LogP contribution in [0.5, 0.6) is 0 Å². The molecule has 2 aromatic carbocycles. The number of hydrogen-bond acceptors (Lipinski definition) is 4. The van der Waals surface area contributed by atoms with Crippen LogP contribution in [0.25, 0.3) is 28.4 Å². The van der Waals surface area contributed by atoms with Gasteiger partial charge in [-0.3, -0.25) is 4.79 Å². The topological polar surface area (TPSA) is 108 Å². The molecule has 7 nitrogen and oxygen atoms in total. The summed E-state index contributed by atoms with van der Waals surface area (Å²) in [7, 11) is 0. The lowest BCUT2D eigenvalue weighted by Gasteiger charge is -2.09. The van der Waals surface area contributed by atoms with Crippen LogP contribution in [-0.4, -0.2) is 31.9 Å². The third-order valence-corrected chi connectivity index (χ3v) is 4.83. The second kappa shape index (κ2) is 8.81. The Morgan fingerprint density at radius 2 is 1.91 bits per heavy atom. The molecule has 0 atom stereocenters. The Kier molecular flexibility index (Phi) is 5.76. The van der Waals surface area contributed by atoms with Crippen LogP contribution in [0.15, 0.2) is 66.6 Å². The first-order chi connectivity index (χ1) is 15.5. The lowest BCUT2D eigenvalue weighted by molar-refractivity contribution is -0.114. The summed E-state index contributed by atoms with van der Waals surface area (Å²) in [5.74, 6) is -2.39. The quantitative estimate of drug-likeness (QED) is 0.380. The van der Waals surface area contributed by atoms with Crippen molar-refractivity contribution in [2.45, 2.75) is 13.3 Å². The van der Waals surface area contributed by atoms with E-state index in [1.165, 1.54) is 6.20 Å². The summed E-state index contributed by atoms with van der Waals surface area (Å²) in [5.41, 5.74) is 2.36. The van der Waals surface area contributed by atoms with Gasteiger partial charge in [-0.25, -0.2) is 19.2 Å². The first-order valence-electron chi connectivity index (χ1n) is 9.91. The van der Waals surface area contributed by atoms with E-state index < -0.39 is 17.7 Å². The molecule has 0 fully saturated rings. The number of aromatic amines is 1. The highest BCUT2D eigenvalue weighted by atomic mass is 19.1. The summed E-state index contributed by atoms with van der Waals surface area (Å²) in [5, 5.41) is 12.4. The van der Waals surface area contributed by atoms with Crippen molar-refractivity contribution in [3.8, 4) is 11.3 Å². The van der Waals surface area contributed by atoms with E-state index in [1.807, 2.05) is 6.92 Å². The van der Waals surface area contributed by atoms with E-state index in [0.29, 0.717) is 45.8 Å². The maximum atomic E-state index is 14.4. The van der Waals surface area contributed by atoms with Crippen LogP contribution in [0.1, 0.15) is 28.7 Å². The summed E-state index contributed by atoms with van der Waals surface area (Å²) < 4.78 is 14.4. The van der Waals surface area contributed by atoms with Gasteiger partial charge >= 0.3 is 5.97 Å². The molecule has 2 aromatic heterocycles. The molecule has 0 unspecified atom stereocenters. The van der Waals surface area contributed by atoms with E-state index in [0.717, 1.165) is 6.08 Å². The SMILES string of the molecule is CCc1nc(-c2cccc(NC(=O)/C(F)=C/c3ccccc3)c2)c2c(C(=O)O)c[nH]c2n1.